The molecule has 0 unspecified atom stereocenters. The number of esters is 1. The molecule has 1 amide bonds. The fourth-order valence-corrected chi connectivity index (χ4v) is 2.95. The Hall–Kier alpha value is -2.57. The second-order valence-electron chi connectivity index (χ2n) is 7.36. The fraction of sp³-hybridized carbons (Fsp3) is 0.526. The van der Waals surface area contributed by atoms with Crippen LogP contribution in [-0.2, 0) is 25.7 Å². The number of carbonyl (C=O) groups is 3. The molecule has 1 aliphatic rings. The van der Waals surface area contributed by atoms with Gasteiger partial charge in [-0.25, -0.2) is 9.59 Å². The maximum atomic E-state index is 12.6. The van der Waals surface area contributed by atoms with Gasteiger partial charge in [-0.3, -0.25) is 9.69 Å². The van der Waals surface area contributed by atoms with Gasteiger partial charge >= 0.3 is 18.0 Å². The molecule has 0 saturated carbocycles. The van der Waals surface area contributed by atoms with Crippen LogP contribution in [-0.4, -0.2) is 46.2 Å². The van der Waals surface area contributed by atoms with Crippen LogP contribution in [0.4, 0.5) is 4.79 Å². The number of benzene rings is 1. The van der Waals surface area contributed by atoms with Crippen LogP contribution in [0.25, 0.3) is 0 Å². The van der Waals surface area contributed by atoms with Gasteiger partial charge in [0, 0.05) is 12.5 Å². The van der Waals surface area contributed by atoms with Gasteiger partial charge in [-0.15, -0.1) is 0 Å². The maximum absolute atomic E-state index is 12.6. The van der Waals surface area contributed by atoms with Crippen molar-refractivity contribution in [2.45, 2.75) is 51.9 Å². The van der Waals surface area contributed by atoms with Crippen LogP contribution in [0.5, 0.6) is 0 Å². The molecular weight excluding hydrogens is 338 g/mol. The van der Waals surface area contributed by atoms with E-state index in [0.29, 0.717) is 6.42 Å². The van der Waals surface area contributed by atoms with Crippen LogP contribution in [0.2, 0.25) is 0 Å². The molecule has 2 atom stereocenters. The molecule has 26 heavy (non-hydrogen) atoms. The highest BCUT2D eigenvalue weighted by Gasteiger charge is 2.45. The first kappa shape index (κ1) is 19.8. The van der Waals surface area contributed by atoms with E-state index in [4.69, 9.17) is 14.6 Å². The van der Waals surface area contributed by atoms with Crippen molar-refractivity contribution < 1.29 is 29.0 Å². The molecule has 1 fully saturated rings. The smallest absolute Gasteiger partial charge is 0.411 e. The quantitative estimate of drug-likeness (QED) is 0.809. The predicted molar refractivity (Wildman–Crippen MR) is 93.3 cm³/mol. The third kappa shape index (κ3) is 5.47. The van der Waals surface area contributed by atoms with Gasteiger partial charge in [0.2, 0.25) is 0 Å². The molecule has 7 heteroatoms. The number of nitrogens with zero attached hydrogens (tertiary/aromatic N) is 1. The number of ether oxygens (including phenoxy) is 2. The van der Waals surface area contributed by atoms with Crippen molar-refractivity contribution >= 4 is 18.0 Å². The van der Waals surface area contributed by atoms with Gasteiger partial charge in [-0.05, 0) is 32.8 Å². The van der Waals surface area contributed by atoms with Crippen molar-refractivity contribution in [3.05, 3.63) is 35.9 Å². The molecule has 0 spiro atoms. The zero-order valence-electron chi connectivity index (χ0n) is 15.3. The van der Waals surface area contributed by atoms with Gasteiger partial charge in [-0.2, -0.15) is 0 Å². The number of likely N-dealkylation sites (tertiary alicyclic amines) is 1. The lowest BCUT2D eigenvalue weighted by Crippen LogP contribution is -2.46. The summed E-state index contributed by atoms with van der Waals surface area (Å²) in [7, 11) is 0. The molecule has 2 rings (SSSR count). The monoisotopic (exact) mass is 363 g/mol. The molecule has 1 heterocycles. The number of amides is 1. The topological polar surface area (TPSA) is 93.1 Å². The largest absolute Gasteiger partial charge is 0.481 e. The lowest BCUT2D eigenvalue weighted by atomic mass is 9.96. The van der Waals surface area contributed by atoms with E-state index in [1.54, 1.807) is 20.8 Å². The molecular formula is C19H25NO6. The SMILES string of the molecule is CC(C)(C)OC(=O)N1CC[C@@H](CC(=O)O)[C@H]1C(=O)OCc1ccccc1. The molecule has 142 valence electrons. The summed E-state index contributed by atoms with van der Waals surface area (Å²) in [6, 6.07) is 8.21. The van der Waals surface area contributed by atoms with Crippen LogP contribution in [0.1, 0.15) is 39.2 Å². The number of carbonyl (C=O) groups excluding carboxylic acids is 2. The molecule has 1 aliphatic heterocycles. The molecule has 0 radical (unpaired) electrons. The average molecular weight is 363 g/mol. The van der Waals surface area contributed by atoms with Gasteiger partial charge in [-0.1, -0.05) is 30.3 Å². The Morgan fingerprint density at radius 2 is 1.85 bits per heavy atom. The van der Waals surface area contributed by atoms with Gasteiger partial charge in [0.05, 0.1) is 6.42 Å². The zero-order chi connectivity index (χ0) is 19.3. The van der Waals surface area contributed by atoms with Crippen LogP contribution in [0.3, 0.4) is 0 Å². The van der Waals surface area contributed by atoms with Crippen molar-refractivity contribution in [1.29, 1.82) is 0 Å². The fourth-order valence-electron chi connectivity index (χ4n) is 2.95. The molecule has 7 nitrogen and oxygen atoms in total. The Kier molecular flexibility index (Phi) is 6.23. The maximum Gasteiger partial charge on any atom is 0.411 e. The highest BCUT2D eigenvalue weighted by atomic mass is 16.6. The molecule has 1 N–H and O–H groups in total. The Morgan fingerprint density at radius 1 is 1.19 bits per heavy atom. The van der Waals surface area contributed by atoms with E-state index in [1.807, 2.05) is 30.3 Å². The number of carboxylic acids is 1. The Balaban J connectivity index is 2.11. The van der Waals surface area contributed by atoms with E-state index in [2.05, 4.69) is 0 Å². The van der Waals surface area contributed by atoms with E-state index in [0.717, 1.165) is 5.56 Å². The molecule has 0 bridgehead atoms. The second kappa shape index (κ2) is 8.21. The minimum absolute atomic E-state index is 0.0676. The number of aliphatic carboxylic acids is 1. The highest BCUT2D eigenvalue weighted by molar-refractivity contribution is 5.83. The Labute approximate surface area is 152 Å². The summed E-state index contributed by atoms with van der Waals surface area (Å²) in [5.74, 6) is -2.12. The summed E-state index contributed by atoms with van der Waals surface area (Å²) >= 11 is 0. The first-order valence-electron chi connectivity index (χ1n) is 8.59. The van der Waals surface area contributed by atoms with Gasteiger partial charge < -0.3 is 14.6 Å². The van der Waals surface area contributed by atoms with E-state index in [-0.39, 0.29) is 19.6 Å². The summed E-state index contributed by atoms with van der Waals surface area (Å²) in [6.07, 6.45) is -0.423. The number of hydrogen-bond donors (Lipinski definition) is 1. The van der Waals surface area contributed by atoms with E-state index in [9.17, 15) is 14.4 Å². The molecule has 0 aliphatic carbocycles. The number of hydrogen-bond acceptors (Lipinski definition) is 5. The third-order valence-electron chi connectivity index (χ3n) is 4.05. The predicted octanol–water partition coefficient (Wildman–Crippen LogP) is 2.83. The van der Waals surface area contributed by atoms with Gasteiger partial charge in [0.25, 0.3) is 0 Å². The van der Waals surface area contributed by atoms with E-state index < -0.39 is 35.6 Å². The standard InChI is InChI=1S/C19H25NO6/c1-19(2,3)26-18(24)20-10-9-14(11-15(21)22)16(20)17(23)25-12-13-7-5-4-6-8-13/h4-8,14,16H,9-12H2,1-3H3,(H,21,22)/t14-,16-/m0/s1. The van der Waals surface area contributed by atoms with Gasteiger partial charge in [0.15, 0.2) is 0 Å². The van der Waals surface area contributed by atoms with E-state index >= 15 is 0 Å². The van der Waals surface area contributed by atoms with Crippen molar-refractivity contribution in [1.82, 2.24) is 4.90 Å². The van der Waals surface area contributed by atoms with Crippen molar-refractivity contribution in [3.63, 3.8) is 0 Å². The second-order valence-corrected chi connectivity index (χ2v) is 7.36. The lowest BCUT2D eigenvalue weighted by molar-refractivity contribution is -0.152. The third-order valence-corrected chi connectivity index (χ3v) is 4.05. The number of rotatable bonds is 5. The molecule has 1 aromatic rings. The molecule has 1 aromatic carbocycles. The first-order valence-corrected chi connectivity index (χ1v) is 8.59. The van der Waals surface area contributed by atoms with Crippen LogP contribution in [0.15, 0.2) is 30.3 Å². The van der Waals surface area contributed by atoms with Crippen LogP contribution >= 0.6 is 0 Å². The van der Waals surface area contributed by atoms with Crippen molar-refractivity contribution in [3.8, 4) is 0 Å². The minimum Gasteiger partial charge on any atom is -0.481 e. The summed E-state index contributed by atoms with van der Waals surface area (Å²) in [5, 5.41) is 9.11. The lowest BCUT2D eigenvalue weighted by Gasteiger charge is -2.29. The Bertz CT molecular complexity index is 652. The average Bonchev–Trinajstić information content (AvgIpc) is 2.95. The molecule has 0 aromatic heterocycles. The van der Waals surface area contributed by atoms with Crippen LogP contribution < -0.4 is 0 Å². The summed E-state index contributed by atoms with van der Waals surface area (Å²) in [5.41, 5.74) is 0.109. The normalized spacial score (nSPS) is 19.9. The summed E-state index contributed by atoms with van der Waals surface area (Å²) in [6.45, 7) is 5.53. The summed E-state index contributed by atoms with van der Waals surface area (Å²) < 4.78 is 10.7. The van der Waals surface area contributed by atoms with Crippen molar-refractivity contribution in [2.75, 3.05) is 6.54 Å². The van der Waals surface area contributed by atoms with E-state index in [1.165, 1.54) is 4.90 Å². The van der Waals surface area contributed by atoms with Gasteiger partial charge in [0.1, 0.15) is 18.2 Å². The zero-order valence-corrected chi connectivity index (χ0v) is 15.3. The molecule has 1 saturated heterocycles. The number of carboxylic acid groups (broad SMARTS) is 1. The first-order chi connectivity index (χ1) is 12.2. The Morgan fingerprint density at radius 3 is 2.42 bits per heavy atom. The minimum atomic E-state index is -1.01. The highest BCUT2D eigenvalue weighted by Crippen LogP contribution is 2.30. The summed E-state index contributed by atoms with van der Waals surface area (Å²) in [4.78, 5) is 37.5. The van der Waals surface area contributed by atoms with Crippen molar-refractivity contribution in [2.24, 2.45) is 5.92 Å². The van der Waals surface area contributed by atoms with Crippen LogP contribution in [0, 0.1) is 5.92 Å².